The van der Waals surface area contributed by atoms with Gasteiger partial charge in [-0.2, -0.15) is 0 Å². The number of hydrazine groups is 1. The molecule has 0 aliphatic heterocycles. The van der Waals surface area contributed by atoms with Gasteiger partial charge in [0.1, 0.15) is 16.7 Å². The summed E-state index contributed by atoms with van der Waals surface area (Å²) in [4.78, 5) is 3.56. The van der Waals surface area contributed by atoms with E-state index in [0.29, 0.717) is 0 Å². The highest BCUT2D eigenvalue weighted by atomic mass is 32.1. The fraction of sp³-hybridized carbons (Fsp3) is 0.0500. The molecule has 0 amide bonds. The lowest BCUT2D eigenvalue weighted by Gasteiger charge is -2.10. The van der Waals surface area contributed by atoms with Crippen LogP contribution in [0.15, 0.2) is 127 Å². The highest BCUT2D eigenvalue weighted by Crippen LogP contribution is 2.39. The molecule has 0 fully saturated rings. The Hall–Kier alpha value is -5.60. The van der Waals surface area contributed by atoms with Crippen molar-refractivity contribution < 1.29 is 9.62 Å². The minimum absolute atomic E-state index is 0.854. The molecule has 0 saturated heterocycles. The van der Waals surface area contributed by atoms with Gasteiger partial charge in [-0.05, 0) is 83.6 Å². The molecule has 7 heteroatoms. The van der Waals surface area contributed by atoms with E-state index in [0.717, 1.165) is 59.9 Å². The highest BCUT2D eigenvalue weighted by Gasteiger charge is 2.16. The van der Waals surface area contributed by atoms with Crippen molar-refractivity contribution in [1.82, 2.24) is 20.0 Å². The normalized spacial score (nSPS) is 11.2. The van der Waals surface area contributed by atoms with E-state index in [-0.39, 0.29) is 0 Å². The first-order chi connectivity index (χ1) is 23.1. The van der Waals surface area contributed by atoms with Crippen LogP contribution in [-0.2, 0) is 0 Å². The summed E-state index contributed by atoms with van der Waals surface area (Å²) in [6, 6.07) is 37.2. The fourth-order valence-electron chi connectivity index (χ4n) is 6.30. The highest BCUT2D eigenvalue weighted by molar-refractivity contribution is 7.15. The second-order valence-electron chi connectivity index (χ2n) is 11.0. The number of para-hydroxylation sites is 2. The Kier molecular flexibility index (Phi) is 8.10. The van der Waals surface area contributed by atoms with E-state index in [1.165, 1.54) is 42.7 Å². The predicted molar refractivity (Wildman–Crippen MR) is 201 cm³/mol. The molecule has 232 valence electrons. The average molecular weight is 635 g/mol. The molecule has 0 aliphatic rings. The second-order valence-corrected chi connectivity index (χ2v) is 12.0. The zero-order chi connectivity index (χ0) is 32.5. The Morgan fingerprint density at radius 1 is 0.702 bits per heavy atom. The molecule has 3 heterocycles. The van der Waals surface area contributed by atoms with Crippen LogP contribution < -0.4 is 10.9 Å². The zero-order valence-electron chi connectivity index (χ0n) is 26.2. The van der Waals surface area contributed by atoms with Crippen molar-refractivity contribution in [1.29, 1.82) is 0 Å². The number of benzene rings is 6. The lowest BCUT2D eigenvalue weighted by Crippen LogP contribution is -2.21. The number of hydrogen-bond acceptors (Lipinski definition) is 5. The van der Waals surface area contributed by atoms with Gasteiger partial charge in [-0.25, -0.2) is 0 Å². The van der Waals surface area contributed by atoms with Crippen molar-refractivity contribution in [2.24, 2.45) is 0 Å². The van der Waals surface area contributed by atoms with Gasteiger partial charge in [0.05, 0.1) is 10.2 Å². The number of aromatic amines is 1. The molecule has 3 aromatic heterocycles. The third-order valence-electron chi connectivity index (χ3n) is 8.47. The van der Waals surface area contributed by atoms with Gasteiger partial charge in [0.15, 0.2) is 0 Å². The minimum Gasteiger partial charge on any atom is -0.456 e. The molecule has 6 nitrogen and oxygen atoms in total. The quantitative estimate of drug-likeness (QED) is 0.115. The Labute approximate surface area is 275 Å². The van der Waals surface area contributed by atoms with Crippen LogP contribution in [0, 0.1) is 0 Å². The van der Waals surface area contributed by atoms with Crippen LogP contribution in [0.4, 0.5) is 0 Å². The maximum atomic E-state index is 9.69. The molecule has 0 unspecified atom stereocenters. The van der Waals surface area contributed by atoms with Gasteiger partial charge in [-0.15, -0.1) is 4.12 Å². The summed E-state index contributed by atoms with van der Waals surface area (Å²) in [7, 11) is 3.64. The summed E-state index contributed by atoms with van der Waals surface area (Å²) >= 11 is 1.34. The topological polar surface area (TPSA) is 78.1 Å². The molecular formula is C40H34N4O2S. The van der Waals surface area contributed by atoms with Gasteiger partial charge >= 0.3 is 0 Å². The molecule has 0 saturated carbocycles. The molecular weight excluding hydrogens is 601 g/mol. The van der Waals surface area contributed by atoms with Gasteiger partial charge < -0.3 is 14.6 Å². The lowest BCUT2D eigenvalue weighted by molar-refractivity contribution is 0.228. The van der Waals surface area contributed by atoms with Crippen LogP contribution in [0.25, 0.3) is 88.0 Å². The number of nitrogens with one attached hydrogen (secondary N) is 3. The summed E-state index contributed by atoms with van der Waals surface area (Å²) < 4.78 is 8.23. The maximum Gasteiger partial charge on any atom is 0.136 e. The summed E-state index contributed by atoms with van der Waals surface area (Å²) in [5.74, 6) is 0. The molecule has 47 heavy (non-hydrogen) atoms. The first-order valence-electron chi connectivity index (χ1n) is 15.3. The molecule has 0 aliphatic carbocycles. The Bertz CT molecular complexity index is 2560. The molecule has 0 bridgehead atoms. The van der Waals surface area contributed by atoms with Crippen molar-refractivity contribution in [2.75, 3.05) is 14.1 Å². The van der Waals surface area contributed by atoms with Crippen LogP contribution in [0.3, 0.4) is 0 Å². The van der Waals surface area contributed by atoms with Crippen LogP contribution in [0.2, 0.25) is 0 Å². The van der Waals surface area contributed by atoms with Crippen molar-refractivity contribution in [2.45, 2.75) is 0 Å². The minimum atomic E-state index is 0.854. The molecule has 9 rings (SSSR count). The third kappa shape index (κ3) is 5.16. The monoisotopic (exact) mass is 634 g/mol. The van der Waals surface area contributed by atoms with Crippen LogP contribution in [0.1, 0.15) is 11.1 Å². The Morgan fingerprint density at radius 3 is 2.09 bits per heavy atom. The van der Waals surface area contributed by atoms with E-state index in [2.05, 4.69) is 95.7 Å². The van der Waals surface area contributed by atoms with E-state index >= 15 is 0 Å². The van der Waals surface area contributed by atoms with E-state index in [4.69, 9.17) is 4.42 Å². The smallest absolute Gasteiger partial charge is 0.136 e. The number of rotatable bonds is 4. The number of H-pyrrole nitrogens is 1. The summed E-state index contributed by atoms with van der Waals surface area (Å²) in [6.07, 6.45) is 3.87. The molecule has 0 radical (unpaired) electrons. The SMILES string of the molecule is C=Cc1c(C=C)c2c3ccccc3[nH]c2c2ccccc12.CNNC.On1sc2ccc(-c3cccc4oc5ccccc5c34)cc21. The predicted octanol–water partition coefficient (Wildman–Crippen LogP) is 10.6. The summed E-state index contributed by atoms with van der Waals surface area (Å²) in [5, 5.41) is 16.8. The number of fused-ring (bicyclic) bond motifs is 9. The molecule has 0 atom stereocenters. The first-order valence-corrected chi connectivity index (χ1v) is 16.1. The molecule has 0 spiro atoms. The van der Waals surface area contributed by atoms with E-state index < -0.39 is 0 Å². The first kappa shape index (κ1) is 30.1. The van der Waals surface area contributed by atoms with Gasteiger partial charge in [-0.3, -0.25) is 10.9 Å². The van der Waals surface area contributed by atoms with Crippen molar-refractivity contribution in [3.63, 3.8) is 0 Å². The fourth-order valence-corrected chi connectivity index (χ4v) is 6.97. The summed E-state index contributed by atoms with van der Waals surface area (Å²) in [6.45, 7) is 8.02. The Balaban J connectivity index is 0.000000135. The third-order valence-corrected chi connectivity index (χ3v) is 9.39. The number of aromatic nitrogens is 2. The Morgan fingerprint density at radius 2 is 1.36 bits per heavy atom. The van der Waals surface area contributed by atoms with Crippen LogP contribution >= 0.6 is 11.5 Å². The maximum absolute atomic E-state index is 9.69. The van der Waals surface area contributed by atoms with Gasteiger partial charge in [-0.1, -0.05) is 104 Å². The largest absolute Gasteiger partial charge is 0.456 e. The van der Waals surface area contributed by atoms with Crippen LogP contribution in [-0.4, -0.2) is 28.4 Å². The average Bonchev–Trinajstić information content (AvgIpc) is 3.70. The van der Waals surface area contributed by atoms with Crippen molar-refractivity contribution in [3.05, 3.63) is 133 Å². The van der Waals surface area contributed by atoms with Crippen molar-refractivity contribution >= 4 is 88.4 Å². The van der Waals surface area contributed by atoms with Crippen LogP contribution in [0.5, 0.6) is 0 Å². The second kappa shape index (κ2) is 12.7. The van der Waals surface area contributed by atoms with E-state index in [9.17, 15) is 5.21 Å². The lowest BCUT2D eigenvalue weighted by atomic mass is 9.94. The van der Waals surface area contributed by atoms with E-state index in [1.807, 2.05) is 68.7 Å². The summed E-state index contributed by atoms with van der Waals surface area (Å²) in [5.41, 5.74) is 14.8. The van der Waals surface area contributed by atoms with Crippen molar-refractivity contribution in [3.8, 4) is 11.1 Å². The molecule has 4 N–H and O–H groups in total. The van der Waals surface area contributed by atoms with E-state index in [1.54, 1.807) is 0 Å². The number of hydrogen-bond donors (Lipinski definition) is 4. The van der Waals surface area contributed by atoms with Gasteiger partial charge in [0.2, 0.25) is 0 Å². The number of nitrogens with zero attached hydrogens (tertiary/aromatic N) is 1. The molecule has 6 aromatic carbocycles. The zero-order valence-corrected chi connectivity index (χ0v) is 27.0. The van der Waals surface area contributed by atoms with Gasteiger partial charge in [0.25, 0.3) is 0 Å². The molecule has 9 aromatic rings. The van der Waals surface area contributed by atoms with Gasteiger partial charge in [0, 0.05) is 32.4 Å². The number of furan rings is 1. The standard InChI is InChI=1S/C20H15N.C18H11NO2S.C2H8N2/c1-3-13-14(4-2)19-17-11-7-8-12-18(17)21-20(19)16-10-6-5-9-15(13)16;20-19-14-10-11(8-9-17(14)22-19)12-5-3-7-16-18(12)13-4-1-2-6-15(13)21-16;1-3-4-2/h3-12,21H,1-2H2;1-10,20H;3-4H,1-2H3.